The number of nitrogens with two attached hydrogens (primary N) is 1. The minimum Gasteiger partial charge on any atom is -0.374 e. The fourth-order valence-electron chi connectivity index (χ4n) is 4.04. The number of ketones is 1. The van der Waals surface area contributed by atoms with E-state index in [1.54, 1.807) is 6.07 Å². The Morgan fingerprint density at radius 2 is 1.94 bits per heavy atom. The SMILES string of the molecule is CC(=O)C(=[NH2+])c1ccncc1NCC(=O)N1[C@@H]2CC2C[C@H]1C(=O)Nc1cncc(C(F)(F)F)n1. The van der Waals surface area contributed by atoms with E-state index in [-0.39, 0.29) is 41.7 Å². The number of amides is 2. The number of aromatic nitrogens is 3. The molecule has 0 aromatic carbocycles. The van der Waals surface area contributed by atoms with Gasteiger partial charge in [-0.15, -0.1) is 0 Å². The molecule has 1 aliphatic heterocycles. The Balaban J connectivity index is 1.44. The molecule has 3 heterocycles. The van der Waals surface area contributed by atoms with Crippen LogP contribution in [0.25, 0.3) is 0 Å². The maximum absolute atomic E-state index is 13.0. The van der Waals surface area contributed by atoms with Gasteiger partial charge in [0.1, 0.15) is 6.04 Å². The summed E-state index contributed by atoms with van der Waals surface area (Å²) in [4.78, 5) is 49.7. The van der Waals surface area contributed by atoms with E-state index in [1.165, 1.54) is 24.2 Å². The lowest BCUT2D eigenvalue weighted by molar-refractivity contribution is -0.141. The van der Waals surface area contributed by atoms with Crippen molar-refractivity contribution in [3.05, 3.63) is 42.1 Å². The summed E-state index contributed by atoms with van der Waals surface area (Å²) in [5.41, 5.74) is -0.431. The molecule has 34 heavy (non-hydrogen) atoms. The fourth-order valence-corrected chi connectivity index (χ4v) is 4.04. The first-order chi connectivity index (χ1) is 16.1. The zero-order valence-electron chi connectivity index (χ0n) is 18.0. The van der Waals surface area contributed by atoms with Gasteiger partial charge in [0.05, 0.1) is 36.4 Å². The maximum Gasteiger partial charge on any atom is 0.434 e. The summed E-state index contributed by atoms with van der Waals surface area (Å²) in [6.07, 6.45) is 0.912. The quantitative estimate of drug-likeness (QED) is 0.480. The zero-order valence-corrected chi connectivity index (χ0v) is 18.0. The van der Waals surface area contributed by atoms with Gasteiger partial charge >= 0.3 is 6.18 Å². The second-order valence-corrected chi connectivity index (χ2v) is 8.14. The van der Waals surface area contributed by atoms with Gasteiger partial charge in [0, 0.05) is 19.2 Å². The zero-order chi connectivity index (χ0) is 24.6. The van der Waals surface area contributed by atoms with Crippen molar-refractivity contribution in [2.75, 3.05) is 17.2 Å². The fraction of sp³-hybridized carbons (Fsp3) is 0.381. The van der Waals surface area contributed by atoms with Crippen molar-refractivity contribution in [1.29, 1.82) is 0 Å². The van der Waals surface area contributed by atoms with Crippen LogP contribution in [-0.4, -0.2) is 61.8 Å². The highest BCUT2D eigenvalue weighted by Crippen LogP contribution is 2.48. The van der Waals surface area contributed by atoms with E-state index in [1.807, 2.05) is 0 Å². The Morgan fingerprint density at radius 3 is 2.65 bits per heavy atom. The number of Topliss-reactive ketones (excluding diaryl/α,β-unsaturated/α-hetero) is 1. The van der Waals surface area contributed by atoms with Gasteiger partial charge in [0.2, 0.25) is 23.3 Å². The van der Waals surface area contributed by atoms with Crippen LogP contribution >= 0.6 is 0 Å². The summed E-state index contributed by atoms with van der Waals surface area (Å²) < 4.78 is 38.6. The average Bonchev–Trinajstić information content (AvgIpc) is 3.45. The number of carbonyl (C=O) groups is 3. The predicted molar refractivity (Wildman–Crippen MR) is 112 cm³/mol. The van der Waals surface area contributed by atoms with Gasteiger partial charge in [0.25, 0.3) is 0 Å². The lowest BCUT2D eigenvalue weighted by atomic mass is 10.1. The Bertz CT molecular complexity index is 1170. The average molecular weight is 476 g/mol. The van der Waals surface area contributed by atoms with E-state index in [2.05, 4.69) is 25.6 Å². The molecule has 4 rings (SSSR count). The maximum atomic E-state index is 13.0. The molecule has 2 aromatic heterocycles. The second kappa shape index (κ2) is 8.80. The van der Waals surface area contributed by atoms with Crippen LogP contribution in [0.1, 0.15) is 31.0 Å². The molecule has 178 valence electrons. The molecule has 13 heteroatoms. The predicted octanol–water partition coefficient (Wildman–Crippen LogP) is 0.0676. The van der Waals surface area contributed by atoms with E-state index in [0.29, 0.717) is 23.9 Å². The number of halogens is 3. The van der Waals surface area contributed by atoms with Crippen LogP contribution in [0.15, 0.2) is 30.9 Å². The molecule has 1 saturated carbocycles. The Morgan fingerprint density at radius 1 is 1.18 bits per heavy atom. The number of hydrogen-bond donors (Lipinski definition) is 3. The number of anilines is 2. The van der Waals surface area contributed by atoms with E-state index in [9.17, 15) is 27.6 Å². The first-order valence-corrected chi connectivity index (χ1v) is 10.4. The molecular formula is C21H21F3N7O3+. The lowest BCUT2D eigenvalue weighted by Gasteiger charge is -2.27. The van der Waals surface area contributed by atoms with E-state index >= 15 is 0 Å². The minimum atomic E-state index is -4.70. The number of nitrogens with zero attached hydrogens (tertiary/aromatic N) is 4. The number of pyridine rings is 1. The molecule has 10 nitrogen and oxygen atoms in total. The number of nitrogens with one attached hydrogen (secondary N) is 2. The van der Waals surface area contributed by atoms with Crippen LogP contribution in [-0.2, 0) is 20.6 Å². The molecule has 1 unspecified atom stereocenters. The molecule has 1 saturated heterocycles. The van der Waals surface area contributed by atoms with Crippen LogP contribution in [0.4, 0.5) is 24.7 Å². The van der Waals surface area contributed by atoms with Crippen molar-refractivity contribution in [1.82, 2.24) is 19.9 Å². The molecule has 0 spiro atoms. The van der Waals surface area contributed by atoms with E-state index in [4.69, 9.17) is 5.41 Å². The normalized spacial score (nSPS) is 20.9. The Kier molecular flexibility index (Phi) is 6.02. The topological polar surface area (TPSA) is 143 Å². The molecule has 0 bridgehead atoms. The third kappa shape index (κ3) is 4.72. The van der Waals surface area contributed by atoms with Crippen LogP contribution < -0.4 is 16.0 Å². The van der Waals surface area contributed by atoms with Gasteiger partial charge in [-0.3, -0.25) is 29.8 Å². The van der Waals surface area contributed by atoms with Crippen LogP contribution in [0.2, 0.25) is 0 Å². The van der Waals surface area contributed by atoms with Gasteiger partial charge in [-0.25, -0.2) is 4.98 Å². The number of hydrogen-bond acceptors (Lipinski definition) is 7. The number of fused-ring (bicyclic) bond motifs is 1. The molecule has 4 N–H and O–H groups in total. The Labute approximate surface area is 191 Å². The summed E-state index contributed by atoms with van der Waals surface area (Å²) in [5.74, 6) is -1.54. The number of rotatable bonds is 7. The van der Waals surface area contributed by atoms with Crippen molar-refractivity contribution >= 4 is 34.8 Å². The standard InChI is InChI=1S/C21H20F3N7O3/c1-10(32)19(25)12-2-3-26-6-13(12)28-9-18(33)31-14-4-11(14)5-15(31)20(34)30-17-8-27-7-16(29-17)21(22,23)24/h2-3,6-8,11,14-15,25,28H,4-5,9H2,1H3,(H,29,30,34)/p+1/t11?,14-,15+/m1/s1. The third-order valence-electron chi connectivity index (χ3n) is 5.79. The van der Waals surface area contributed by atoms with E-state index < -0.39 is 23.8 Å². The summed E-state index contributed by atoms with van der Waals surface area (Å²) in [6, 6.07) is 0.583. The van der Waals surface area contributed by atoms with Crippen molar-refractivity contribution in [2.45, 2.75) is 38.0 Å². The van der Waals surface area contributed by atoms with Gasteiger partial charge < -0.3 is 15.5 Å². The first-order valence-electron chi connectivity index (χ1n) is 10.4. The molecule has 2 amide bonds. The summed E-state index contributed by atoms with van der Waals surface area (Å²) in [5, 5.41) is 11.1. The van der Waals surface area contributed by atoms with Crippen LogP contribution in [0, 0.1) is 5.92 Å². The van der Waals surface area contributed by atoms with Crippen LogP contribution in [0.3, 0.4) is 0 Å². The summed E-state index contributed by atoms with van der Waals surface area (Å²) >= 11 is 0. The molecule has 3 atom stereocenters. The van der Waals surface area contributed by atoms with Crippen molar-refractivity contribution < 1.29 is 33.0 Å². The number of likely N-dealkylation sites (tertiary alicyclic amines) is 1. The van der Waals surface area contributed by atoms with Crippen LogP contribution in [0.5, 0.6) is 0 Å². The lowest BCUT2D eigenvalue weighted by Crippen LogP contribution is -2.48. The first kappa shape index (κ1) is 23.3. The van der Waals surface area contributed by atoms with E-state index in [0.717, 1.165) is 12.6 Å². The van der Waals surface area contributed by atoms with Gasteiger partial charge in [-0.2, -0.15) is 13.2 Å². The largest absolute Gasteiger partial charge is 0.434 e. The molecule has 2 aliphatic rings. The van der Waals surface area contributed by atoms with Gasteiger partial charge in [-0.1, -0.05) is 0 Å². The van der Waals surface area contributed by atoms with Crippen molar-refractivity contribution in [3.63, 3.8) is 0 Å². The molecule has 2 aromatic rings. The summed E-state index contributed by atoms with van der Waals surface area (Å²) in [6.45, 7) is 1.13. The highest BCUT2D eigenvalue weighted by molar-refractivity contribution is 6.43. The summed E-state index contributed by atoms with van der Waals surface area (Å²) in [7, 11) is 0. The smallest absolute Gasteiger partial charge is 0.374 e. The molecule has 2 fully saturated rings. The minimum absolute atomic E-state index is 0.0141. The monoisotopic (exact) mass is 476 g/mol. The number of piperidine rings is 1. The van der Waals surface area contributed by atoms with Gasteiger partial charge in [-0.05, 0) is 24.8 Å². The molecule has 1 aliphatic carbocycles. The van der Waals surface area contributed by atoms with Crippen molar-refractivity contribution in [3.8, 4) is 0 Å². The van der Waals surface area contributed by atoms with Gasteiger partial charge in [0.15, 0.2) is 11.5 Å². The highest BCUT2D eigenvalue weighted by atomic mass is 19.4. The third-order valence-corrected chi connectivity index (χ3v) is 5.79. The number of alkyl halides is 3. The Hall–Kier alpha value is -3.90. The molecule has 0 radical (unpaired) electrons. The number of carbonyl (C=O) groups excluding carboxylic acids is 3. The molecular weight excluding hydrogens is 455 g/mol. The highest BCUT2D eigenvalue weighted by Gasteiger charge is 2.56. The van der Waals surface area contributed by atoms with Crippen molar-refractivity contribution in [2.24, 2.45) is 5.92 Å². The second-order valence-electron chi connectivity index (χ2n) is 8.14.